The highest BCUT2D eigenvalue weighted by Gasteiger charge is 2.44. The van der Waals surface area contributed by atoms with E-state index >= 15 is 0 Å². The molecule has 1 heterocycles. The van der Waals surface area contributed by atoms with Gasteiger partial charge in [0.2, 0.25) is 5.91 Å². The molecular formula is C23H26N2O5. The number of hydrogen-bond donors (Lipinski definition) is 0. The standard InChI is InChI=1S/C23H26N2O5/c1-17(2)21(26)25-20(22(27)29-15-18-9-5-3-6-10-18)13-14-24(25)23(28)30-16-19-11-7-4-8-12-19/h3-12,17,20H,13-16H2,1-2H3. The minimum Gasteiger partial charge on any atom is -0.459 e. The van der Waals surface area contributed by atoms with Crippen molar-refractivity contribution in [3.05, 3.63) is 71.8 Å². The van der Waals surface area contributed by atoms with E-state index in [1.54, 1.807) is 13.8 Å². The van der Waals surface area contributed by atoms with Gasteiger partial charge in [-0.15, -0.1) is 0 Å². The SMILES string of the molecule is CC(C)C(=O)N1C(C(=O)OCc2ccccc2)CCN1C(=O)OCc1ccccc1. The number of carbonyl (C=O) groups excluding carboxylic acids is 3. The summed E-state index contributed by atoms with van der Waals surface area (Å²) in [7, 11) is 0. The van der Waals surface area contributed by atoms with E-state index in [1.807, 2.05) is 60.7 Å². The number of amides is 2. The summed E-state index contributed by atoms with van der Waals surface area (Å²) in [4.78, 5) is 38.2. The molecule has 2 aromatic carbocycles. The van der Waals surface area contributed by atoms with Crippen molar-refractivity contribution < 1.29 is 23.9 Å². The Balaban J connectivity index is 1.67. The lowest BCUT2D eigenvalue weighted by Crippen LogP contribution is -2.52. The third kappa shape index (κ3) is 5.17. The van der Waals surface area contributed by atoms with Crippen LogP contribution in [-0.2, 0) is 32.3 Å². The Kier molecular flexibility index (Phi) is 7.06. The molecule has 7 heteroatoms. The molecule has 1 atom stereocenters. The van der Waals surface area contributed by atoms with Crippen LogP contribution in [0.4, 0.5) is 4.79 Å². The maximum absolute atomic E-state index is 12.8. The molecule has 3 rings (SSSR count). The summed E-state index contributed by atoms with van der Waals surface area (Å²) >= 11 is 0. The average molecular weight is 410 g/mol. The maximum Gasteiger partial charge on any atom is 0.429 e. The first kappa shape index (κ1) is 21.4. The Hall–Kier alpha value is -3.35. The minimum absolute atomic E-state index is 0.0863. The third-order valence-corrected chi connectivity index (χ3v) is 4.80. The second-order valence-corrected chi connectivity index (χ2v) is 7.40. The Morgan fingerprint density at radius 2 is 1.43 bits per heavy atom. The fourth-order valence-electron chi connectivity index (χ4n) is 3.20. The fourth-order valence-corrected chi connectivity index (χ4v) is 3.20. The van der Waals surface area contributed by atoms with E-state index in [0.29, 0.717) is 6.42 Å². The molecule has 2 amide bonds. The molecule has 0 aliphatic carbocycles. The topological polar surface area (TPSA) is 76.2 Å². The van der Waals surface area contributed by atoms with E-state index in [0.717, 1.165) is 11.1 Å². The number of hydrazine groups is 1. The minimum atomic E-state index is -0.854. The molecule has 1 fully saturated rings. The highest BCUT2D eigenvalue weighted by atomic mass is 16.6. The summed E-state index contributed by atoms with van der Waals surface area (Å²) in [5.74, 6) is -1.26. The molecule has 0 N–H and O–H groups in total. The number of ether oxygens (including phenoxy) is 2. The molecule has 1 saturated heterocycles. The molecule has 158 valence electrons. The molecule has 0 spiro atoms. The van der Waals surface area contributed by atoms with Crippen LogP contribution in [0.3, 0.4) is 0 Å². The van der Waals surface area contributed by atoms with Crippen molar-refractivity contribution in [1.82, 2.24) is 10.0 Å². The number of rotatable bonds is 6. The lowest BCUT2D eigenvalue weighted by atomic mass is 10.1. The Bertz CT molecular complexity index is 806. The average Bonchev–Trinajstić information content (AvgIpc) is 3.22. The molecule has 0 aromatic heterocycles. The lowest BCUT2D eigenvalue weighted by Gasteiger charge is -2.31. The molecule has 1 unspecified atom stereocenters. The molecule has 0 radical (unpaired) electrons. The molecule has 0 bridgehead atoms. The molecule has 7 nitrogen and oxygen atoms in total. The number of nitrogens with zero attached hydrogens (tertiary/aromatic N) is 2. The van der Waals surface area contributed by atoms with Crippen LogP contribution in [0.2, 0.25) is 0 Å². The van der Waals surface area contributed by atoms with Gasteiger partial charge in [0.05, 0.1) is 0 Å². The van der Waals surface area contributed by atoms with Gasteiger partial charge in [-0.3, -0.25) is 4.79 Å². The van der Waals surface area contributed by atoms with Crippen molar-refractivity contribution in [2.24, 2.45) is 5.92 Å². The summed E-state index contributed by atoms with van der Waals surface area (Å²) in [6.45, 7) is 3.85. The first-order valence-corrected chi connectivity index (χ1v) is 9.99. The van der Waals surface area contributed by atoms with Crippen LogP contribution in [0.1, 0.15) is 31.4 Å². The zero-order chi connectivity index (χ0) is 21.5. The van der Waals surface area contributed by atoms with Gasteiger partial charge in [0, 0.05) is 18.9 Å². The second-order valence-electron chi connectivity index (χ2n) is 7.40. The monoisotopic (exact) mass is 410 g/mol. The molecular weight excluding hydrogens is 384 g/mol. The largest absolute Gasteiger partial charge is 0.459 e. The second kappa shape index (κ2) is 9.91. The van der Waals surface area contributed by atoms with Crippen molar-refractivity contribution in [2.45, 2.75) is 39.5 Å². The van der Waals surface area contributed by atoms with Crippen LogP contribution in [0.25, 0.3) is 0 Å². The smallest absolute Gasteiger partial charge is 0.429 e. The van der Waals surface area contributed by atoms with Crippen molar-refractivity contribution in [3.8, 4) is 0 Å². The number of hydrogen-bond acceptors (Lipinski definition) is 5. The highest BCUT2D eigenvalue weighted by Crippen LogP contribution is 2.24. The van der Waals surface area contributed by atoms with Gasteiger partial charge >= 0.3 is 12.1 Å². The number of benzene rings is 2. The van der Waals surface area contributed by atoms with Crippen LogP contribution in [0, 0.1) is 5.92 Å². The number of carbonyl (C=O) groups is 3. The van der Waals surface area contributed by atoms with E-state index in [4.69, 9.17) is 9.47 Å². The van der Waals surface area contributed by atoms with E-state index < -0.39 is 24.0 Å². The van der Waals surface area contributed by atoms with Gasteiger partial charge in [0.15, 0.2) is 6.04 Å². The zero-order valence-electron chi connectivity index (χ0n) is 17.2. The molecule has 2 aromatic rings. The predicted molar refractivity (Wildman–Crippen MR) is 110 cm³/mol. The first-order valence-electron chi connectivity index (χ1n) is 9.99. The van der Waals surface area contributed by atoms with E-state index in [-0.39, 0.29) is 25.7 Å². The predicted octanol–water partition coefficient (Wildman–Crippen LogP) is 3.54. The van der Waals surface area contributed by atoms with E-state index in [1.165, 1.54) is 10.0 Å². The van der Waals surface area contributed by atoms with Crippen LogP contribution in [-0.4, -0.2) is 40.6 Å². The van der Waals surface area contributed by atoms with Crippen molar-refractivity contribution >= 4 is 18.0 Å². The lowest BCUT2D eigenvalue weighted by molar-refractivity contribution is -0.164. The van der Waals surface area contributed by atoms with Crippen LogP contribution < -0.4 is 0 Å². The van der Waals surface area contributed by atoms with E-state index in [2.05, 4.69) is 0 Å². The van der Waals surface area contributed by atoms with Gasteiger partial charge in [-0.1, -0.05) is 74.5 Å². The number of esters is 1. The Morgan fingerprint density at radius 3 is 1.97 bits per heavy atom. The fraction of sp³-hybridized carbons (Fsp3) is 0.348. The van der Waals surface area contributed by atoms with Crippen LogP contribution in [0.15, 0.2) is 60.7 Å². The zero-order valence-corrected chi connectivity index (χ0v) is 17.2. The van der Waals surface area contributed by atoms with Gasteiger partial charge in [0.1, 0.15) is 13.2 Å². The Morgan fingerprint density at radius 1 is 0.900 bits per heavy atom. The van der Waals surface area contributed by atoms with Gasteiger partial charge < -0.3 is 9.47 Å². The van der Waals surface area contributed by atoms with Crippen molar-refractivity contribution in [1.29, 1.82) is 0 Å². The summed E-state index contributed by atoms with van der Waals surface area (Å²) in [6.07, 6.45) is -0.363. The first-order chi connectivity index (χ1) is 14.5. The molecule has 1 aliphatic heterocycles. The van der Waals surface area contributed by atoms with Gasteiger partial charge in [-0.25, -0.2) is 19.6 Å². The van der Waals surface area contributed by atoms with Crippen molar-refractivity contribution in [2.75, 3.05) is 6.54 Å². The summed E-state index contributed by atoms with van der Waals surface area (Å²) in [6, 6.07) is 17.7. The third-order valence-electron chi connectivity index (χ3n) is 4.80. The summed E-state index contributed by atoms with van der Waals surface area (Å²) in [5, 5.41) is 2.41. The maximum atomic E-state index is 12.8. The van der Waals surface area contributed by atoms with E-state index in [9.17, 15) is 14.4 Å². The molecule has 30 heavy (non-hydrogen) atoms. The van der Waals surface area contributed by atoms with Crippen molar-refractivity contribution in [3.63, 3.8) is 0 Å². The molecule has 0 saturated carbocycles. The van der Waals surface area contributed by atoms with Gasteiger partial charge in [0.25, 0.3) is 0 Å². The van der Waals surface area contributed by atoms with Crippen LogP contribution in [0.5, 0.6) is 0 Å². The van der Waals surface area contributed by atoms with Gasteiger partial charge in [-0.2, -0.15) is 0 Å². The highest BCUT2D eigenvalue weighted by molar-refractivity contribution is 5.88. The summed E-state index contributed by atoms with van der Waals surface area (Å²) < 4.78 is 10.8. The van der Waals surface area contributed by atoms with Crippen LogP contribution >= 0.6 is 0 Å². The molecule has 1 aliphatic rings. The normalized spacial score (nSPS) is 15.9. The summed E-state index contributed by atoms with van der Waals surface area (Å²) in [5.41, 5.74) is 1.69. The van der Waals surface area contributed by atoms with Gasteiger partial charge in [-0.05, 0) is 11.1 Å². The Labute approximate surface area is 176 Å². The quantitative estimate of drug-likeness (QED) is 0.681.